The maximum Gasteiger partial charge on any atom is 0.510 e. The number of nitriles is 1. The summed E-state index contributed by atoms with van der Waals surface area (Å²) < 4.78 is 22.8. The lowest BCUT2D eigenvalue weighted by Crippen LogP contribution is -2.43. The highest BCUT2D eigenvalue weighted by Gasteiger charge is 2.32. The Bertz CT molecular complexity index is 1550. The number of aryl methyl sites for hydroxylation is 1. The van der Waals surface area contributed by atoms with E-state index in [9.17, 15) is 10.1 Å². The van der Waals surface area contributed by atoms with E-state index in [0.717, 1.165) is 67.0 Å². The number of hydrogen-bond acceptors (Lipinski definition) is 14. The Morgan fingerprint density at radius 2 is 1.94 bits per heavy atom. The number of carbonyl (C=O) groups excluding carboxylic acids is 1. The smallest absolute Gasteiger partial charge is 0.435 e. The van der Waals surface area contributed by atoms with Gasteiger partial charge in [-0.1, -0.05) is 6.07 Å². The first-order valence-corrected chi connectivity index (χ1v) is 17.1. The standard InChI is InChI=1S/C34H48N10O5/c1-5-48-33(45)49-25(4)44-32(41-42-43-44)20-47-19-24(3)38-26-9-11-27(12-10-26)39-31-17-28(23(2)18-36-31)29-7-6-8-30(40-29)37-22-34(21-35)13-15-46-16-14-34/h6-8,17-18,24-27,38H,5,9-16,19-20,22H2,1-4H3,(H,36,39)(H,37,40)/t24-,25-,26?,27?/m0/s1. The molecule has 1 aliphatic carbocycles. The summed E-state index contributed by atoms with van der Waals surface area (Å²) in [5.41, 5.74) is 2.52. The molecule has 0 unspecified atom stereocenters. The van der Waals surface area contributed by atoms with Crippen LogP contribution in [0.1, 0.15) is 76.9 Å². The van der Waals surface area contributed by atoms with Crippen LogP contribution in [0, 0.1) is 23.7 Å². The van der Waals surface area contributed by atoms with E-state index in [-0.39, 0.29) is 19.3 Å². The van der Waals surface area contributed by atoms with Crippen molar-refractivity contribution >= 4 is 17.8 Å². The fourth-order valence-electron chi connectivity index (χ4n) is 6.23. The summed E-state index contributed by atoms with van der Waals surface area (Å²) in [5, 5.41) is 32.2. The number of ether oxygens (including phenoxy) is 4. The first-order chi connectivity index (χ1) is 23.8. The minimum atomic E-state index is -0.774. The monoisotopic (exact) mass is 676 g/mol. The summed E-state index contributed by atoms with van der Waals surface area (Å²) >= 11 is 0. The largest absolute Gasteiger partial charge is 0.510 e. The summed E-state index contributed by atoms with van der Waals surface area (Å²) in [5.74, 6) is 2.06. The van der Waals surface area contributed by atoms with E-state index in [1.54, 1.807) is 13.8 Å². The third-order valence-electron chi connectivity index (χ3n) is 9.06. The van der Waals surface area contributed by atoms with Crippen molar-refractivity contribution in [3.8, 4) is 17.3 Å². The van der Waals surface area contributed by atoms with Crippen molar-refractivity contribution in [2.24, 2.45) is 5.41 Å². The van der Waals surface area contributed by atoms with Crippen LogP contribution in [0.15, 0.2) is 30.5 Å². The van der Waals surface area contributed by atoms with Crippen molar-refractivity contribution in [1.82, 2.24) is 35.5 Å². The second kappa shape index (κ2) is 17.3. The third kappa shape index (κ3) is 10.1. The van der Waals surface area contributed by atoms with Gasteiger partial charge in [-0.15, -0.1) is 5.10 Å². The molecular weight excluding hydrogens is 628 g/mol. The maximum absolute atomic E-state index is 11.6. The van der Waals surface area contributed by atoms with E-state index < -0.39 is 17.8 Å². The first kappa shape index (κ1) is 35.9. The molecule has 1 saturated heterocycles. The highest BCUT2D eigenvalue weighted by atomic mass is 16.7. The van der Waals surface area contributed by atoms with Crippen LogP contribution in [0.25, 0.3) is 11.3 Å². The molecule has 0 radical (unpaired) electrons. The van der Waals surface area contributed by atoms with Gasteiger partial charge in [-0.05, 0) is 100 Å². The van der Waals surface area contributed by atoms with Gasteiger partial charge in [0.15, 0.2) is 12.1 Å². The lowest BCUT2D eigenvalue weighted by molar-refractivity contribution is -0.00389. The van der Waals surface area contributed by atoms with Gasteiger partial charge in [0.25, 0.3) is 0 Å². The fourth-order valence-corrected chi connectivity index (χ4v) is 6.23. The van der Waals surface area contributed by atoms with Crippen LogP contribution < -0.4 is 16.0 Å². The van der Waals surface area contributed by atoms with Crippen LogP contribution in [0.4, 0.5) is 16.4 Å². The molecule has 1 aliphatic heterocycles. The number of anilines is 2. The van der Waals surface area contributed by atoms with Gasteiger partial charge in [0.05, 0.1) is 30.4 Å². The van der Waals surface area contributed by atoms with Crippen LogP contribution in [0.2, 0.25) is 0 Å². The summed E-state index contributed by atoms with van der Waals surface area (Å²) in [7, 11) is 0. The van der Waals surface area contributed by atoms with E-state index in [2.05, 4.69) is 55.5 Å². The van der Waals surface area contributed by atoms with E-state index in [4.69, 9.17) is 23.9 Å². The molecule has 0 aromatic carbocycles. The van der Waals surface area contributed by atoms with Crippen molar-refractivity contribution in [1.29, 1.82) is 5.26 Å². The van der Waals surface area contributed by atoms with Gasteiger partial charge < -0.3 is 34.9 Å². The average Bonchev–Trinajstić information content (AvgIpc) is 3.58. The number of aromatic nitrogens is 6. The van der Waals surface area contributed by atoms with Crippen LogP contribution in [-0.4, -0.2) is 87.4 Å². The summed E-state index contributed by atoms with van der Waals surface area (Å²) in [6, 6.07) is 11.4. The lowest BCUT2D eigenvalue weighted by atomic mass is 9.82. The number of rotatable bonds is 15. The molecule has 0 bridgehead atoms. The van der Waals surface area contributed by atoms with Crippen molar-refractivity contribution in [3.63, 3.8) is 0 Å². The third-order valence-corrected chi connectivity index (χ3v) is 9.06. The number of pyridine rings is 2. The van der Waals surface area contributed by atoms with E-state index in [1.807, 2.05) is 31.3 Å². The van der Waals surface area contributed by atoms with Crippen molar-refractivity contribution in [2.45, 2.75) is 97.2 Å². The van der Waals surface area contributed by atoms with Gasteiger partial charge in [0.1, 0.15) is 18.2 Å². The molecule has 15 nitrogen and oxygen atoms in total. The number of nitrogens with one attached hydrogen (secondary N) is 3. The Morgan fingerprint density at radius 3 is 2.69 bits per heavy atom. The predicted octanol–water partition coefficient (Wildman–Crippen LogP) is 4.78. The van der Waals surface area contributed by atoms with Crippen molar-refractivity contribution in [3.05, 3.63) is 41.9 Å². The van der Waals surface area contributed by atoms with E-state index >= 15 is 0 Å². The van der Waals surface area contributed by atoms with Crippen LogP contribution in [0.3, 0.4) is 0 Å². The summed E-state index contributed by atoms with van der Waals surface area (Å²) in [4.78, 5) is 21.2. The predicted molar refractivity (Wildman–Crippen MR) is 181 cm³/mol. The van der Waals surface area contributed by atoms with Gasteiger partial charge >= 0.3 is 6.16 Å². The zero-order chi connectivity index (χ0) is 34.6. The summed E-state index contributed by atoms with van der Waals surface area (Å²) in [6.07, 6.45) is 5.96. The van der Waals surface area contributed by atoms with Crippen LogP contribution >= 0.6 is 0 Å². The minimum Gasteiger partial charge on any atom is -0.435 e. The SMILES string of the molecule is CCOC(=O)O[C@@H](C)n1nnnc1COC[C@H](C)NC1CCC(Nc2cc(-c3cccc(NCC4(C#N)CCOCC4)n3)c(C)cn2)CC1. The molecule has 49 heavy (non-hydrogen) atoms. The van der Waals surface area contributed by atoms with Crippen LogP contribution in [0.5, 0.6) is 0 Å². The van der Waals surface area contributed by atoms with Gasteiger partial charge in [-0.25, -0.2) is 14.8 Å². The Morgan fingerprint density at radius 1 is 1.16 bits per heavy atom. The van der Waals surface area contributed by atoms with Crippen molar-refractivity contribution < 1.29 is 23.7 Å². The zero-order valence-electron chi connectivity index (χ0n) is 28.9. The minimum absolute atomic E-state index is 0.133. The molecule has 4 heterocycles. The maximum atomic E-state index is 11.6. The quantitative estimate of drug-likeness (QED) is 0.187. The number of carbonyl (C=O) groups is 1. The van der Waals surface area contributed by atoms with E-state index in [1.165, 1.54) is 4.68 Å². The number of hydrogen-bond donors (Lipinski definition) is 3. The van der Waals surface area contributed by atoms with Crippen molar-refractivity contribution in [2.75, 3.05) is 43.6 Å². The first-order valence-electron chi connectivity index (χ1n) is 17.1. The van der Waals surface area contributed by atoms with Gasteiger partial charge in [-0.3, -0.25) is 0 Å². The molecule has 0 amide bonds. The van der Waals surface area contributed by atoms with E-state index in [0.29, 0.717) is 44.3 Å². The highest BCUT2D eigenvalue weighted by molar-refractivity contribution is 5.68. The van der Waals surface area contributed by atoms with Gasteiger partial charge in [0, 0.05) is 49.6 Å². The normalized spacial score (nSPS) is 20.1. The topological polar surface area (TPSA) is 183 Å². The molecule has 2 aliphatic rings. The molecule has 0 spiro atoms. The highest BCUT2D eigenvalue weighted by Crippen LogP contribution is 2.31. The molecule has 1 saturated carbocycles. The molecule has 3 aromatic heterocycles. The number of nitrogens with zero attached hydrogens (tertiary/aromatic N) is 7. The molecule has 5 rings (SSSR count). The van der Waals surface area contributed by atoms with Crippen LogP contribution in [-0.2, 0) is 25.6 Å². The molecule has 15 heteroatoms. The lowest BCUT2D eigenvalue weighted by Gasteiger charge is -2.32. The van der Waals surface area contributed by atoms with Gasteiger partial charge in [0.2, 0.25) is 0 Å². The second-order valence-corrected chi connectivity index (χ2v) is 12.9. The Kier molecular flexibility index (Phi) is 12.7. The average molecular weight is 677 g/mol. The zero-order valence-corrected chi connectivity index (χ0v) is 28.9. The number of tetrazole rings is 1. The Labute approximate surface area is 287 Å². The molecule has 2 atom stereocenters. The Balaban J connectivity index is 1.06. The van der Waals surface area contributed by atoms with Gasteiger partial charge in [-0.2, -0.15) is 9.94 Å². The Hall–Kier alpha value is -4.39. The molecule has 2 fully saturated rings. The molecule has 3 N–H and O–H groups in total. The summed E-state index contributed by atoms with van der Waals surface area (Å²) in [6.45, 7) is 10.2. The second-order valence-electron chi connectivity index (χ2n) is 12.9. The fraction of sp³-hybridized carbons (Fsp3) is 0.618. The molecule has 3 aromatic rings. The molecule has 264 valence electrons. The molecular formula is C34H48N10O5.